The molecule has 100 valence electrons. The summed E-state index contributed by atoms with van der Waals surface area (Å²) in [5.41, 5.74) is -0.0127. The van der Waals surface area contributed by atoms with E-state index in [2.05, 4.69) is 20.6 Å². The molecule has 6 heteroatoms. The topological polar surface area (TPSA) is 68.3 Å². The van der Waals surface area contributed by atoms with Gasteiger partial charge in [-0.05, 0) is 19.4 Å². The van der Waals surface area contributed by atoms with E-state index in [-0.39, 0.29) is 5.54 Å². The van der Waals surface area contributed by atoms with Gasteiger partial charge in [0, 0.05) is 25.9 Å². The highest BCUT2D eigenvalue weighted by Crippen LogP contribution is 2.20. The first-order valence-electron chi connectivity index (χ1n) is 6.13. The van der Waals surface area contributed by atoms with E-state index in [1.54, 1.807) is 26.5 Å². The molecule has 1 aliphatic rings. The average Bonchev–Trinajstić information content (AvgIpc) is 2.86. The van der Waals surface area contributed by atoms with Crippen LogP contribution in [0.1, 0.15) is 12.8 Å². The summed E-state index contributed by atoms with van der Waals surface area (Å²) < 4.78 is 10.4. The minimum Gasteiger partial charge on any atom is -0.481 e. The number of methoxy groups -OCH3 is 2. The number of aromatic nitrogens is 2. The van der Waals surface area contributed by atoms with Crippen molar-refractivity contribution in [3.8, 4) is 5.88 Å². The Hall–Kier alpha value is -1.40. The van der Waals surface area contributed by atoms with Gasteiger partial charge in [0.1, 0.15) is 0 Å². The molecule has 1 unspecified atom stereocenters. The maximum atomic E-state index is 5.29. The van der Waals surface area contributed by atoms with Crippen molar-refractivity contribution >= 4 is 5.95 Å². The van der Waals surface area contributed by atoms with Crippen molar-refractivity contribution < 1.29 is 9.47 Å². The molecule has 0 aliphatic carbocycles. The minimum atomic E-state index is -0.0127. The molecule has 18 heavy (non-hydrogen) atoms. The van der Waals surface area contributed by atoms with E-state index >= 15 is 0 Å². The average molecular weight is 252 g/mol. The molecule has 0 saturated carbocycles. The minimum absolute atomic E-state index is 0.0127. The van der Waals surface area contributed by atoms with Gasteiger partial charge < -0.3 is 20.1 Å². The van der Waals surface area contributed by atoms with Gasteiger partial charge in [0.2, 0.25) is 11.8 Å². The Morgan fingerprint density at radius 3 is 3.06 bits per heavy atom. The zero-order valence-electron chi connectivity index (χ0n) is 10.9. The fraction of sp³-hybridized carbons (Fsp3) is 0.667. The van der Waals surface area contributed by atoms with Crippen LogP contribution >= 0.6 is 0 Å². The highest BCUT2D eigenvalue weighted by Gasteiger charge is 2.33. The Morgan fingerprint density at radius 2 is 2.39 bits per heavy atom. The lowest BCUT2D eigenvalue weighted by atomic mass is 9.99. The Balaban J connectivity index is 1.96. The van der Waals surface area contributed by atoms with Crippen LogP contribution in [0.25, 0.3) is 0 Å². The Labute approximate surface area is 107 Å². The van der Waals surface area contributed by atoms with Gasteiger partial charge in [-0.25, -0.2) is 4.98 Å². The molecule has 0 amide bonds. The molecular weight excluding hydrogens is 232 g/mol. The van der Waals surface area contributed by atoms with Crippen molar-refractivity contribution in [3.05, 3.63) is 12.3 Å². The van der Waals surface area contributed by atoms with Crippen molar-refractivity contribution in [1.29, 1.82) is 0 Å². The van der Waals surface area contributed by atoms with Crippen LogP contribution in [0.3, 0.4) is 0 Å². The third-order valence-electron chi connectivity index (χ3n) is 3.18. The lowest BCUT2D eigenvalue weighted by Gasteiger charge is -2.28. The van der Waals surface area contributed by atoms with E-state index in [9.17, 15) is 0 Å². The molecule has 0 spiro atoms. The normalized spacial score (nSPS) is 23.0. The number of nitrogens with one attached hydrogen (secondary N) is 2. The SMILES string of the molecule is COCC1(CNc2nccc(OC)n2)CCCN1. The van der Waals surface area contributed by atoms with Crippen molar-refractivity contribution in [2.24, 2.45) is 0 Å². The molecule has 2 heterocycles. The second-order valence-electron chi connectivity index (χ2n) is 4.52. The Morgan fingerprint density at radius 1 is 1.50 bits per heavy atom. The number of hydrogen-bond donors (Lipinski definition) is 2. The molecule has 1 aromatic rings. The first-order valence-corrected chi connectivity index (χ1v) is 6.13. The van der Waals surface area contributed by atoms with E-state index in [4.69, 9.17) is 9.47 Å². The van der Waals surface area contributed by atoms with Gasteiger partial charge in [-0.2, -0.15) is 4.98 Å². The van der Waals surface area contributed by atoms with E-state index in [0.717, 1.165) is 19.5 Å². The maximum Gasteiger partial charge on any atom is 0.226 e. The van der Waals surface area contributed by atoms with E-state index in [1.807, 2.05) is 0 Å². The van der Waals surface area contributed by atoms with Crippen LogP contribution < -0.4 is 15.4 Å². The van der Waals surface area contributed by atoms with Crippen molar-refractivity contribution in [2.75, 3.05) is 39.2 Å². The van der Waals surface area contributed by atoms with Gasteiger partial charge in [-0.3, -0.25) is 0 Å². The molecule has 2 N–H and O–H groups in total. The number of ether oxygens (including phenoxy) is 2. The van der Waals surface area contributed by atoms with E-state index in [0.29, 0.717) is 18.4 Å². The summed E-state index contributed by atoms with van der Waals surface area (Å²) in [6.07, 6.45) is 3.95. The summed E-state index contributed by atoms with van der Waals surface area (Å²) in [6, 6.07) is 1.73. The van der Waals surface area contributed by atoms with Crippen LogP contribution in [-0.2, 0) is 4.74 Å². The number of hydrogen-bond acceptors (Lipinski definition) is 6. The van der Waals surface area contributed by atoms with Gasteiger partial charge >= 0.3 is 0 Å². The summed E-state index contributed by atoms with van der Waals surface area (Å²) >= 11 is 0. The molecule has 2 rings (SSSR count). The highest BCUT2D eigenvalue weighted by atomic mass is 16.5. The third-order valence-corrected chi connectivity index (χ3v) is 3.18. The van der Waals surface area contributed by atoms with Crippen molar-refractivity contribution in [3.63, 3.8) is 0 Å². The smallest absolute Gasteiger partial charge is 0.226 e. The lowest BCUT2D eigenvalue weighted by Crippen LogP contribution is -2.49. The van der Waals surface area contributed by atoms with Crippen LogP contribution in [0.5, 0.6) is 5.88 Å². The van der Waals surface area contributed by atoms with Crippen molar-refractivity contribution in [1.82, 2.24) is 15.3 Å². The quantitative estimate of drug-likeness (QED) is 0.775. The number of rotatable bonds is 6. The Kier molecular flexibility index (Phi) is 4.33. The molecule has 1 atom stereocenters. The van der Waals surface area contributed by atoms with E-state index in [1.165, 1.54) is 6.42 Å². The van der Waals surface area contributed by atoms with Gasteiger partial charge in [0.25, 0.3) is 0 Å². The number of anilines is 1. The first-order chi connectivity index (χ1) is 8.78. The molecule has 0 bridgehead atoms. The van der Waals surface area contributed by atoms with Gasteiger partial charge in [0.15, 0.2) is 0 Å². The van der Waals surface area contributed by atoms with Crippen LogP contribution in [0.4, 0.5) is 5.95 Å². The zero-order valence-corrected chi connectivity index (χ0v) is 10.9. The monoisotopic (exact) mass is 252 g/mol. The van der Waals surface area contributed by atoms with Gasteiger partial charge in [-0.15, -0.1) is 0 Å². The van der Waals surface area contributed by atoms with Crippen LogP contribution in [-0.4, -0.2) is 49.4 Å². The summed E-state index contributed by atoms with van der Waals surface area (Å²) in [5.74, 6) is 1.14. The summed E-state index contributed by atoms with van der Waals surface area (Å²) in [6.45, 7) is 2.46. The fourth-order valence-electron chi connectivity index (χ4n) is 2.26. The zero-order chi connectivity index (χ0) is 12.8. The summed E-state index contributed by atoms with van der Waals surface area (Å²) in [4.78, 5) is 8.40. The molecule has 1 aliphatic heterocycles. The van der Waals surface area contributed by atoms with Crippen LogP contribution in [0.2, 0.25) is 0 Å². The number of nitrogens with zero attached hydrogens (tertiary/aromatic N) is 2. The maximum absolute atomic E-state index is 5.29. The Bertz CT molecular complexity index is 380. The summed E-state index contributed by atoms with van der Waals surface area (Å²) in [5, 5.41) is 6.74. The lowest BCUT2D eigenvalue weighted by molar-refractivity contribution is 0.127. The molecule has 1 fully saturated rings. The molecule has 0 aromatic carbocycles. The predicted molar refractivity (Wildman–Crippen MR) is 68.9 cm³/mol. The largest absolute Gasteiger partial charge is 0.481 e. The second-order valence-corrected chi connectivity index (χ2v) is 4.52. The van der Waals surface area contributed by atoms with Crippen LogP contribution in [0.15, 0.2) is 12.3 Å². The van der Waals surface area contributed by atoms with Crippen molar-refractivity contribution in [2.45, 2.75) is 18.4 Å². The molecule has 6 nitrogen and oxygen atoms in total. The fourth-order valence-corrected chi connectivity index (χ4v) is 2.26. The van der Waals surface area contributed by atoms with Gasteiger partial charge in [0.05, 0.1) is 19.3 Å². The molecular formula is C12H20N4O2. The molecule has 0 radical (unpaired) electrons. The van der Waals surface area contributed by atoms with Crippen LogP contribution in [0, 0.1) is 0 Å². The van der Waals surface area contributed by atoms with E-state index < -0.39 is 0 Å². The molecule has 1 aromatic heterocycles. The second kappa shape index (κ2) is 5.97. The van der Waals surface area contributed by atoms with Gasteiger partial charge in [-0.1, -0.05) is 0 Å². The first kappa shape index (κ1) is 13.0. The predicted octanol–water partition coefficient (Wildman–Crippen LogP) is 0.666. The summed E-state index contributed by atoms with van der Waals surface area (Å²) in [7, 11) is 3.32. The highest BCUT2D eigenvalue weighted by molar-refractivity contribution is 5.28. The standard InChI is InChI=1S/C12H20N4O2/c1-17-9-12(5-3-6-15-12)8-14-11-13-7-4-10(16-11)18-2/h4,7,15H,3,5-6,8-9H2,1-2H3,(H,13,14,16). The third kappa shape index (κ3) is 3.08. The molecule has 1 saturated heterocycles.